The van der Waals surface area contributed by atoms with Crippen LogP contribution in [0.5, 0.6) is 11.5 Å². The van der Waals surface area contributed by atoms with E-state index in [0.717, 1.165) is 23.3 Å². The Balaban J connectivity index is 1.41. The summed E-state index contributed by atoms with van der Waals surface area (Å²) in [4.78, 5) is 12.7. The zero-order chi connectivity index (χ0) is 24.4. The molecule has 1 N–H and O–H groups in total. The van der Waals surface area contributed by atoms with Crippen molar-refractivity contribution in [2.24, 2.45) is 0 Å². The zero-order valence-corrected chi connectivity index (χ0v) is 19.4. The number of hydrogen-bond acceptors (Lipinski definition) is 6. The smallest absolute Gasteiger partial charge is 0.237 e. The van der Waals surface area contributed by atoms with E-state index in [1.165, 1.54) is 17.8 Å². The van der Waals surface area contributed by atoms with E-state index in [1.807, 2.05) is 53.1 Å². The first kappa shape index (κ1) is 22.9. The molecule has 0 aliphatic carbocycles. The van der Waals surface area contributed by atoms with Gasteiger partial charge in [-0.1, -0.05) is 48.2 Å². The van der Waals surface area contributed by atoms with Crippen molar-refractivity contribution < 1.29 is 23.0 Å². The molecule has 5 rings (SSSR count). The molecule has 2 heterocycles. The molecule has 1 aromatic heterocycles. The van der Waals surface area contributed by atoms with Gasteiger partial charge in [0.15, 0.2) is 22.5 Å². The molecule has 1 atom stereocenters. The van der Waals surface area contributed by atoms with Gasteiger partial charge in [0.25, 0.3) is 0 Å². The van der Waals surface area contributed by atoms with Crippen molar-refractivity contribution in [1.82, 2.24) is 14.8 Å². The van der Waals surface area contributed by atoms with Gasteiger partial charge >= 0.3 is 0 Å². The fraction of sp³-hybridized carbons (Fsp3) is 0.160. The first-order valence-corrected chi connectivity index (χ1v) is 11.7. The second-order valence-electron chi connectivity index (χ2n) is 7.82. The highest BCUT2D eigenvalue weighted by Gasteiger charge is 2.23. The minimum absolute atomic E-state index is 0.0874. The van der Waals surface area contributed by atoms with E-state index in [1.54, 1.807) is 6.92 Å². The predicted molar refractivity (Wildman–Crippen MR) is 127 cm³/mol. The Morgan fingerprint density at radius 2 is 1.86 bits per heavy atom. The molecule has 0 saturated carbocycles. The van der Waals surface area contributed by atoms with Crippen molar-refractivity contribution in [3.8, 4) is 22.9 Å². The number of ether oxygens (including phenoxy) is 2. The van der Waals surface area contributed by atoms with Crippen LogP contribution in [0.4, 0.5) is 14.5 Å². The van der Waals surface area contributed by atoms with Crippen LogP contribution in [-0.4, -0.2) is 32.7 Å². The first-order valence-electron chi connectivity index (χ1n) is 10.8. The van der Waals surface area contributed by atoms with E-state index in [-0.39, 0.29) is 12.5 Å². The molecule has 0 radical (unpaired) electrons. The van der Waals surface area contributed by atoms with Crippen LogP contribution in [0.1, 0.15) is 12.5 Å². The van der Waals surface area contributed by atoms with Crippen LogP contribution >= 0.6 is 11.8 Å². The van der Waals surface area contributed by atoms with Gasteiger partial charge in [-0.05, 0) is 36.8 Å². The molecule has 0 bridgehead atoms. The Hall–Kier alpha value is -3.92. The lowest BCUT2D eigenvalue weighted by atomic mass is 10.2. The molecule has 1 unspecified atom stereocenters. The first-order chi connectivity index (χ1) is 17.0. The maximum atomic E-state index is 14.0. The third kappa shape index (κ3) is 4.97. The largest absolute Gasteiger partial charge is 0.454 e. The lowest BCUT2D eigenvalue weighted by molar-refractivity contribution is -0.115. The summed E-state index contributed by atoms with van der Waals surface area (Å²) in [5.74, 6) is -0.00274. The number of carbonyl (C=O) groups excluding carboxylic acids is 1. The highest BCUT2D eigenvalue weighted by atomic mass is 32.2. The van der Waals surface area contributed by atoms with Gasteiger partial charge < -0.3 is 14.8 Å². The van der Waals surface area contributed by atoms with Crippen LogP contribution in [0.15, 0.2) is 71.9 Å². The summed E-state index contributed by atoms with van der Waals surface area (Å²) >= 11 is 1.19. The maximum Gasteiger partial charge on any atom is 0.237 e. The van der Waals surface area contributed by atoms with Crippen LogP contribution in [0.2, 0.25) is 0 Å². The molecule has 1 aliphatic rings. The topological polar surface area (TPSA) is 78.3 Å². The number of nitrogens with zero attached hydrogens (tertiary/aromatic N) is 3. The Labute approximate surface area is 204 Å². The van der Waals surface area contributed by atoms with E-state index >= 15 is 0 Å². The Kier molecular flexibility index (Phi) is 6.37. The summed E-state index contributed by atoms with van der Waals surface area (Å²) in [5, 5.41) is 11.1. The van der Waals surface area contributed by atoms with Gasteiger partial charge in [0.05, 0.1) is 17.5 Å². The van der Waals surface area contributed by atoms with Gasteiger partial charge in [-0.15, -0.1) is 10.2 Å². The molecule has 0 fully saturated rings. The van der Waals surface area contributed by atoms with Crippen LogP contribution in [0, 0.1) is 11.6 Å². The Morgan fingerprint density at radius 3 is 2.66 bits per heavy atom. The van der Waals surface area contributed by atoms with Crippen LogP contribution in [0.25, 0.3) is 11.4 Å². The van der Waals surface area contributed by atoms with Crippen molar-refractivity contribution in [3.63, 3.8) is 0 Å². The summed E-state index contributed by atoms with van der Waals surface area (Å²) in [7, 11) is 0. The van der Waals surface area contributed by atoms with Gasteiger partial charge in [-0.3, -0.25) is 9.36 Å². The molecule has 0 spiro atoms. The number of amides is 1. The van der Waals surface area contributed by atoms with Crippen molar-refractivity contribution in [2.45, 2.75) is 23.9 Å². The number of anilines is 1. The number of hydrogen-bond donors (Lipinski definition) is 1. The zero-order valence-electron chi connectivity index (χ0n) is 18.6. The fourth-order valence-corrected chi connectivity index (χ4v) is 4.43. The van der Waals surface area contributed by atoms with Gasteiger partial charge in [-0.2, -0.15) is 0 Å². The third-order valence-electron chi connectivity index (χ3n) is 5.37. The van der Waals surface area contributed by atoms with Crippen LogP contribution in [-0.2, 0) is 11.3 Å². The van der Waals surface area contributed by atoms with E-state index in [0.29, 0.717) is 29.0 Å². The molecule has 3 aromatic carbocycles. The summed E-state index contributed by atoms with van der Waals surface area (Å²) in [5.41, 5.74) is 1.73. The number of thioether (sulfide) groups is 1. The maximum absolute atomic E-state index is 14.0. The van der Waals surface area contributed by atoms with Gasteiger partial charge in [0.2, 0.25) is 12.7 Å². The van der Waals surface area contributed by atoms with Crippen molar-refractivity contribution in [1.29, 1.82) is 0 Å². The molecule has 4 aromatic rings. The molecule has 10 heteroatoms. The lowest BCUT2D eigenvalue weighted by Crippen LogP contribution is -2.23. The summed E-state index contributed by atoms with van der Waals surface area (Å²) in [6.07, 6.45) is 0. The number of fused-ring (bicyclic) bond motifs is 1. The van der Waals surface area contributed by atoms with Gasteiger partial charge in [-0.25, -0.2) is 8.78 Å². The quantitative estimate of drug-likeness (QED) is 0.360. The summed E-state index contributed by atoms with van der Waals surface area (Å²) in [6, 6.07) is 18.3. The summed E-state index contributed by atoms with van der Waals surface area (Å²) < 4.78 is 40.0. The average molecular weight is 495 g/mol. The molecule has 1 aliphatic heterocycles. The molecule has 178 valence electrons. The normalized spacial score (nSPS) is 13.0. The number of halogens is 2. The molecule has 1 amide bonds. The predicted octanol–water partition coefficient (Wildman–Crippen LogP) is 5.12. The van der Waals surface area contributed by atoms with Crippen LogP contribution in [0.3, 0.4) is 0 Å². The Morgan fingerprint density at radius 1 is 1.06 bits per heavy atom. The average Bonchev–Trinajstić information content (AvgIpc) is 3.48. The van der Waals surface area contributed by atoms with E-state index < -0.39 is 22.8 Å². The molecule has 7 nitrogen and oxygen atoms in total. The lowest BCUT2D eigenvalue weighted by Gasteiger charge is -2.14. The highest BCUT2D eigenvalue weighted by molar-refractivity contribution is 8.00. The standard InChI is InChI=1S/C25H20F2N4O3S/c1-15(24(32)28-20-9-8-18(26)12-19(20)27)35-25-30-29-23(17-5-3-2-4-6-17)31(25)13-16-7-10-21-22(11-16)34-14-33-21/h2-12,15H,13-14H2,1H3,(H,28,32). The minimum atomic E-state index is -0.840. The number of benzene rings is 3. The second kappa shape index (κ2) is 9.75. The third-order valence-corrected chi connectivity index (χ3v) is 6.45. The molecular formula is C25H20F2N4O3S. The van der Waals surface area contributed by atoms with E-state index in [4.69, 9.17) is 9.47 Å². The molecule has 35 heavy (non-hydrogen) atoms. The van der Waals surface area contributed by atoms with Gasteiger partial charge in [0, 0.05) is 11.6 Å². The monoisotopic (exact) mass is 494 g/mol. The highest BCUT2D eigenvalue weighted by Crippen LogP contribution is 2.34. The van der Waals surface area contributed by atoms with E-state index in [9.17, 15) is 13.6 Å². The second-order valence-corrected chi connectivity index (χ2v) is 9.13. The minimum Gasteiger partial charge on any atom is -0.454 e. The van der Waals surface area contributed by atoms with Crippen LogP contribution < -0.4 is 14.8 Å². The van der Waals surface area contributed by atoms with Crippen molar-refractivity contribution in [3.05, 3.63) is 83.9 Å². The SMILES string of the molecule is CC(Sc1nnc(-c2ccccc2)n1Cc1ccc2c(c1)OCO2)C(=O)Nc1ccc(F)cc1F. The number of rotatable bonds is 7. The Bertz CT molecular complexity index is 1380. The number of aromatic nitrogens is 3. The fourth-order valence-electron chi connectivity index (χ4n) is 3.58. The number of carbonyl (C=O) groups is 1. The number of nitrogens with one attached hydrogen (secondary N) is 1. The van der Waals surface area contributed by atoms with Crippen molar-refractivity contribution in [2.75, 3.05) is 12.1 Å². The molecular weight excluding hydrogens is 474 g/mol. The summed E-state index contributed by atoms with van der Waals surface area (Å²) in [6.45, 7) is 2.30. The molecule has 0 saturated heterocycles. The van der Waals surface area contributed by atoms with Gasteiger partial charge in [0.1, 0.15) is 11.6 Å². The van der Waals surface area contributed by atoms with E-state index in [2.05, 4.69) is 15.5 Å². The van der Waals surface area contributed by atoms with Crippen molar-refractivity contribution >= 4 is 23.4 Å².